The van der Waals surface area contributed by atoms with E-state index in [-0.39, 0.29) is 6.10 Å². The number of aliphatic hydroxyl groups excluding tert-OH is 1. The van der Waals surface area contributed by atoms with Gasteiger partial charge < -0.3 is 10.4 Å². The third-order valence-electron chi connectivity index (χ3n) is 1.65. The molecule has 1 rings (SSSR count). The van der Waals surface area contributed by atoms with Crippen LogP contribution in [-0.2, 0) is 0 Å². The monoisotopic (exact) mass is 165 g/mol. The van der Waals surface area contributed by atoms with Gasteiger partial charge in [0, 0.05) is 12.2 Å². The highest BCUT2D eigenvalue weighted by Gasteiger charge is 1.94. The van der Waals surface area contributed by atoms with Crippen LogP contribution in [0.25, 0.3) is 0 Å². The predicted molar refractivity (Wildman–Crippen MR) is 51.3 cm³/mol. The van der Waals surface area contributed by atoms with E-state index in [9.17, 15) is 0 Å². The van der Waals surface area contributed by atoms with E-state index in [0.29, 0.717) is 6.54 Å². The van der Waals surface area contributed by atoms with Crippen molar-refractivity contribution in [2.45, 2.75) is 20.0 Å². The Morgan fingerprint density at radius 1 is 1.33 bits per heavy atom. The van der Waals surface area contributed by atoms with Crippen LogP contribution in [0.2, 0.25) is 0 Å². The second kappa shape index (κ2) is 4.12. The van der Waals surface area contributed by atoms with E-state index in [2.05, 4.69) is 12.2 Å². The number of aliphatic hydroxyl groups is 1. The molecule has 2 heteroatoms. The Morgan fingerprint density at radius 2 is 1.92 bits per heavy atom. The van der Waals surface area contributed by atoms with E-state index in [0.717, 1.165) is 5.69 Å². The van der Waals surface area contributed by atoms with Gasteiger partial charge in [-0.1, -0.05) is 17.7 Å². The summed E-state index contributed by atoms with van der Waals surface area (Å²) in [6.07, 6.45) is -0.300. The molecule has 0 aliphatic rings. The summed E-state index contributed by atoms with van der Waals surface area (Å²) < 4.78 is 0. The van der Waals surface area contributed by atoms with E-state index >= 15 is 0 Å². The molecule has 0 aromatic heterocycles. The minimum Gasteiger partial charge on any atom is -0.392 e. The van der Waals surface area contributed by atoms with Crippen molar-refractivity contribution in [3.63, 3.8) is 0 Å². The maximum absolute atomic E-state index is 9.01. The minimum atomic E-state index is -0.300. The van der Waals surface area contributed by atoms with Crippen molar-refractivity contribution in [1.29, 1.82) is 0 Å². The molecule has 1 aromatic rings. The van der Waals surface area contributed by atoms with E-state index in [1.165, 1.54) is 5.56 Å². The zero-order valence-corrected chi connectivity index (χ0v) is 7.54. The Morgan fingerprint density at radius 3 is 2.42 bits per heavy atom. The van der Waals surface area contributed by atoms with Gasteiger partial charge in [-0.3, -0.25) is 0 Å². The second-order valence-electron chi connectivity index (χ2n) is 3.10. The minimum absolute atomic E-state index is 0.300. The molecule has 0 unspecified atom stereocenters. The van der Waals surface area contributed by atoms with E-state index in [1.807, 2.05) is 24.3 Å². The van der Waals surface area contributed by atoms with Crippen LogP contribution >= 0.6 is 0 Å². The Hall–Kier alpha value is -1.02. The number of benzene rings is 1. The molecule has 1 atom stereocenters. The molecule has 0 fully saturated rings. The number of hydrogen-bond donors (Lipinski definition) is 2. The first-order chi connectivity index (χ1) is 5.68. The summed E-state index contributed by atoms with van der Waals surface area (Å²) in [5.41, 5.74) is 2.30. The van der Waals surface area contributed by atoms with Crippen LogP contribution in [0.1, 0.15) is 12.5 Å². The van der Waals surface area contributed by atoms with Crippen molar-refractivity contribution in [1.82, 2.24) is 0 Å². The van der Waals surface area contributed by atoms with E-state index in [4.69, 9.17) is 5.11 Å². The smallest absolute Gasteiger partial charge is 0.0684 e. The average Bonchev–Trinajstić information content (AvgIpc) is 2.03. The van der Waals surface area contributed by atoms with Gasteiger partial charge in [0.1, 0.15) is 0 Å². The van der Waals surface area contributed by atoms with Gasteiger partial charge in [-0.05, 0) is 26.0 Å². The number of anilines is 1. The van der Waals surface area contributed by atoms with Gasteiger partial charge in [0.2, 0.25) is 0 Å². The Bertz CT molecular complexity index is 228. The fourth-order valence-electron chi connectivity index (χ4n) is 0.937. The summed E-state index contributed by atoms with van der Waals surface area (Å²) in [6, 6.07) is 8.12. The number of aryl methyl sites for hydroxylation is 1. The van der Waals surface area contributed by atoms with Crippen LogP contribution < -0.4 is 5.32 Å². The van der Waals surface area contributed by atoms with Gasteiger partial charge in [0.15, 0.2) is 0 Å². The van der Waals surface area contributed by atoms with Crippen LogP contribution in [0.4, 0.5) is 5.69 Å². The molecular weight excluding hydrogens is 150 g/mol. The molecule has 1 aromatic carbocycles. The van der Waals surface area contributed by atoms with Crippen molar-refractivity contribution in [3.05, 3.63) is 29.8 Å². The van der Waals surface area contributed by atoms with Gasteiger partial charge in [-0.2, -0.15) is 0 Å². The molecule has 0 radical (unpaired) electrons. The summed E-state index contributed by atoms with van der Waals surface area (Å²) in [5.74, 6) is 0. The lowest BCUT2D eigenvalue weighted by Crippen LogP contribution is -2.15. The maximum atomic E-state index is 9.01. The highest BCUT2D eigenvalue weighted by molar-refractivity contribution is 5.44. The first kappa shape index (κ1) is 9.07. The molecule has 2 nitrogen and oxygen atoms in total. The van der Waals surface area contributed by atoms with Gasteiger partial charge in [-0.25, -0.2) is 0 Å². The number of nitrogens with one attached hydrogen (secondary N) is 1. The second-order valence-corrected chi connectivity index (χ2v) is 3.10. The number of rotatable bonds is 3. The third kappa shape index (κ3) is 2.93. The summed E-state index contributed by atoms with van der Waals surface area (Å²) in [4.78, 5) is 0. The van der Waals surface area contributed by atoms with Crippen LogP contribution in [0.3, 0.4) is 0 Å². The Labute approximate surface area is 73.2 Å². The fourth-order valence-corrected chi connectivity index (χ4v) is 0.937. The zero-order valence-electron chi connectivity index (χ0n) is 7.54. The normalized spacial score (nSPS) is 12.6. The molecule has 66 valence electrons. The molecule has 2 N–H and O–H groups in total. The summed E-state index contributed by atoms with van der Waals surface area (Å²) in [7, 11) is 0. The molecular formula is C10H15NO. The van der Waals surface area contributed by atoms with E-state index in [1.54, 1.807) is 6.92 Å². The average molecular weight is 165 g/mol. The fraction of sp³-hybridized carbons (Fsp3) is 0.400. The zero-order chi connectivity index (χ0) is 8.97. The van der Waals surface area contributed by atoms with Crippen LogP contribution in [0.15, 0.2) is 24.3 Å². The van der Waals surface area contributed by atoms with Crippen molar-refractivity contribution >= 4 is 5.69 Å². The molecule has 0 aliphatic carbocycles. The molecule has 0 aliphatic heterocycles. The summed E-state index contributed by atoms with van der Waals surface area (Å²) in [6.45, 7) is 4.42. The highest BCUT2D eigenvalue weighted by Crippen LogP contribution is 2.07. The maximum Gasteiger partial charge on any atom is 0.0684 e. The first-order valence-electron chi connectivity index (χ1n) is 4.17. The van der Waals surface area contributed by atoms with Crippen LogP contribution in [0.5, 0.6) is 0 Å². The van der Waals surface area contributed by atoms with Gasteiger partial charge in [0.05, 0.1) is 6.10 Å². The number of hydrogen-bond acceptors (Lipinski definition) is 2. The predicted octanol–water partition coefficient (Wildman–Crippen LogP) is 1.79. The highest BCUT2D eigenvalue weighted by atomic mass is 16.3. The molecule has 0 saturated carbocycles. The van der Waals surface area contributed by atoms with Crippen molar-refractivity contribution in [3.8, 4) is 0 Å². The van der Waals surface area contributed by atoms with Crippen molar-refractivity contribution in [2.24, 2.45) is 0 Å². The topological polar surface area (TPSA) is 32.3 Å². The molecule has 0 amide bonds. The first-order valence-corrected chi connectivity index (χ1v) is 4.17. The van der Waals surface area contributed by atoms with Crippen molar-refractivity contribution < 1.29 is 5.11 Å². The lowest BCUT2D eigenvalue weighted by molar-refractivity contribution is 0.208. The Balaban J connectivity index is 2.48. The van der Waals surface area contributed by atoms with Gasteiger partial charge in [-0.15, -0.1) is 0 Å². The standard InChI is InChI=1S/C10H15NO/c1-8-3-5-10(6-4-8)11-7-9(2)12/h3-6,9,11-12H,7H2,1-2H3/t9-/m1/s1. The molecule has 0 heterocycles. The molecule has 12 heavy (non-hydrogen) atoms. The summed E-state index contributed by atoms with van der Waals surface area (Å²) in [5, 5.41) is 12.1. The SMILES string of the molecule is Cc1ccc(NC[C@@H](C)O)cc1. The lowest BCUT2D eigenvalue weighted by Gasteiger charge is -2.07. The van der Waals surface area contributed by atoms with Crippen LogP contribution in [-0.4, -0.2) is 17.8 Å². The van der Waals surface area contributed by atoms with Crippen molar-refractivity contribution in [2.75, 3.05) is 11.9 Å². The summed E-state index contributed by atoms with van der Waals surface area (Å²) >= 11 is 0. The quantitative estimate of drug-likeness (QED) is 0.715. The van der Waals surface area contributed by atoms with E-state index < -0.39 is 0 Å². The largest absolute Gasteiger partial charge is 0.392 e. The molecule has 0 spiro atoms. The lowest BCUT2D eigenvalue weighted by atomic mass is 10.2. The van der Waals surface area contributed by atoms with Gasteiger partial charge in [0.25, 0.3) is 0 Å². The molecule has 0 bridgehead atoms. The van der Waals surface area contributed by atoms with Gasteiger partial charge >= 0.3 is 0 Å². The van der Waals surface area contributed by atoms with Crippen LogP contribution in [0, 0.1) is 6.92 Å². The third-order valence-corrected chi connectivity index (χ3v) is 1.65. The Kier molecular flexibility index (Phi) is 3.11. The molecule has 0 saturated heterocycles.